The number of nitrogens with two attached hydrogens (primary N) is 1. The van der Waals surface area contributed by atoms with Gasteiger partial charge in [0, 0.05) is 12.1 Å². The number of esters is 1. The maximum absolute atomic E-state index is 12.7. The van der Waals surface area contributed by atoms with Gasteiger partial charge in [-0.3, -0.25) is 0 Å². The van der Waals surface area contributed by atoms with Gasteiger partial charge in [0.15, 0.2) is 0 Å². The second-order valence-corrected chi connectivity index (χ2v) is 8.09. The fraction of sp³-hybridized carbons (Fsp3) is 0.562. The molecule has 3 N–H and O–H groups in total. The van der Waals surface area contributed by atoms with E-state index in [0.29, 0.717) is 23.5 Å². The first-order chi connectivity index (χ1) is 10.5. The SMILES string of the molecule is COC(=O)c1ccc(S(=O)(=O)NC(C)(CN)CC(C)C)c(C)c1.Cl. The van der Waals surface area contributed by atoms with Crippen LogP contribution in [0.15, 0.2) is 23.1 Å². The third-order valence-electron chi connectivity index (χ3n) is 3.58. The van der Waals surface area contributed by atoms with E-state index in [2.05, 4.69) is 9.46 Å². The highest BCUT2D eigenvalue weighted by Crippen LogP contribution is 2.22. The summed E-state index contributed by atoms with van der Waals surface area (Å²) in [5.74, 6) is -0.203. The Morgan fingerprint density at radius 3 is 2.38 bits per heavy atom. The lowest BCUT2D eigenvalue weighted by atomic mass is 9.92. The molecule has 0 aliphatic carbocycles. The van der Waals surface area contributed by atoms with Gasteiger partial charge < -0.3 is 10.5 Å². The summed E-state index contributed by atoms with van der Waals surface area (Å²) in [6, 6.07) is 4.36. The summed E-state index contributed by atoms with van der Waals surface area (Å²) in [5, 5.41) is 0. The third-order valence-corrected chi connectivity index (χ3v) is 5.37. The van der Waals surface area contributed by atoms with E-state index in [4.69, 9.17) is 5.73 Å². The molecule has 6 nitrogen and oxygen atoms in total. The van der Waals surface area contributed by atoms with Crippen molar-refractivity contribution in [2.24, 2.45) is 11.7 Å². The van der Waals surface area contributed by atoms with Crippen LogP contribution in [0, 0.1) is 12.8 Å². The Kier molecular flexibility index (Phi) is 8.38. The zero-order chi connectivity index (χ0) is 17.8. The normalized spacial score (nSPS) is 14.0. The number of hydrogen-bond donors (Lipinski definition) is 2. The van der Waals surface area contributed by atoms with Crippen LogP contribution in [-0.2, 0) is 14.8 Å². The van der Waals surface area contributed by atoms with Crippen molar-refractivity contribution in [3.63, 3.8) is 0 Å². The Morgan fingerprint density at radius 2 is 1.96 bits per heavy atom. The van der Waals surface area contributed by atoms with Gasteiger partial charge in [-0.1, -0.05) is 13.8 Å². The number of carbonyl (C=O) groups is 1. The molecule has 1 unspecified atom stereocenters. The van der Waals surface area contributed by atoms with E-state index < -0.39 is 21.5 Å². The fourth-order valence-corrected chi connectivity index (χ4v) is 4.30. The highest BCUT2D eigenvalue weighted by atomic mass is 35.5. The van der Waals surface area contributed by atoms with E-state index in [-0.39, 0.29) is 23.8 Å². The van der Waals surface area contributed by atoms with Crippen molar-refractivity contribution in [2.75, 3.05) is 13.7 Å². The minimum absolute atomic E-state index is 0. The highest BCUT2D eigenvalue weighted by molar-refractivity contribution is 7.89. The second-order valence-electron chi connectivity index (χ2n) is 6.44. The van der Waals surface area contributed by atoms with Gasteiger partial charge in [0.25, 0.3) is 0 Å². The molecular weight excluding hydrogens is 352 g/mol. The van der Waals surface area contributed by atoms with Gasteiger partial charge in [-0.2, -0.15) is 0 Å². The van der Waals surface area contributed by atoms with Gasteiger partial charge in [0.1, 0.15) is 0 Å². The quantitative estimate of drug-likeness (QED) is 0.709. The summed E-state index contributed by atoms with van der Waals surface area (Å²) in [5.41, 5.74) is 5.84. The summed E-state index contributed by atoms with van der Waals surface area (Å²) >= 11 is 0. The Balaban J connectivity index is 0.00000529. The zero-order valence-electron chi connectivity index (χ0n) is 14.8. The molecule has 1 aromatic carbocycles. The van der Waals surface area contributed by atoms with E-state index >= 15 is 0 Å². The molecule has 138 valence electrons. The monoisotopic (exact) mass is 378 g/mol. The molecule has 0 amide bonds. The molecule has 0 radical (unpaired) electrons. The van der Waals surface area contributed by atoms with Crippen molar-refractivity contribution >= 4 is 28.4 Å². The van der Waals surface area contributed by atoms with Crippen molar-refractivity contribution in [3.8, 4) is 0 Å². The lowest BCUT2D eigenvalue weighted by Crippen LogP contribution is -2.52. The smallest absolute Gasteiger partial charge is 0.337 e. The van der Waals surface area contributed by atoms with Crippen LogP contribution in [0.3, 0.4) is 0 Å². The van der Waals surface area contributed by atoms with Gasteiger partial charge in [0.05, 0.1) is 17.6 Å². The van der Waals surface area contributed by atoms with E-state index in [9.17, 15) is 13.2 Å². The highest BCUT2D eigenvalue weighted by Gasteiger charge is 2.31. The molecule has 0 aromatic heterocycles. The predicted molar refractivity (Wildman–Crippen MR) is 97.0 cm³/mol. The molecule has 0 saturated carbocycles. The zero-order valence-corrected chi connectivity index (χ0v) is 16.4. The summed E-state index contributed by atoms with van der Waals surface area (Å²) in [6.07, 6.45) is 0.627. The van der Waals surface area contributed by atoms with Crippen LogP contribution in [0.2, 0.25) is 0 Å². The predicted octanol–water partition coefficient (Wildman–Crippen LogP) is 2.25. The fourth-order valence-electron chi connectivity index (χ4n) is 2.64. The number of ether oxygens (including phenoxy) is 1. The van der Waals surface area contributed by atoms with Gasteiger partial charge in [-0.05, 0) is 49.9 Å². The first-order valence-corrected chi connectivity index (χ1v) is 8.96. The maximum atomic E-state index is 12.7. The molecule has 0 aliphatic rings. The molecule has 1 aromatic rings. The van der Waals surface area contributed by atoms with Gasteiger partial charge in [-0.25, -0.2) is 17.9 Å². The van der Waals surface area contributed by atoms with Crippen molar-refractivity contribution in [1.82, 2.24) is 4.72 Å². The van der Waals surface area contributed by atoms with Crippen LogP contribution in [0.4, 0.5) is 0 Å². The first kappa shape index (κ1) is 22.9. The van der Waals surface area contributed by atoms with Crippen LogP contribution in [-0.4, -0.2) is 33.6 Å². The second kappa shape index (κ2) is 8.80. The number of aryl methyl sites for hydroxylation is 1. The molecule has 0 spiro atoms. The van der Waals surface area contributed by atoms with Crippen LogP contribution >= 0.6 is 12.4 Å². The Bertz CT molecular complexity index is 677. The molecule has 0 fully saturated rings. The summed E-state index contributed by atoms with van der Waals surface area (Å²) < 4.78 is 32.7. The average molecular weight is 379 g/mol. The number of benzene rings is 1. The van der Waals surface area contributed by atoms with Gasteiger partial charge in [0.2, 0.25) is 10.0 Å². The number of rotatable bonds is 7. The number of methoxy groups -OCH3 is 1. The van der Waals surface area contributed by atoms with Crippen molar-refractivity contribution < 1.29 is 17.9 Å². The minimum atomic E-state index is -3.74. The largest absolute Gasteiger partial charge is 0.465 e. The maximum Gasteiger partial charge on any atom is 0.337 e. The number of nitrogens with one attached hydrogen (secondary N) is 1. The summed E-state index contributed by atoms with van der Waals surface area (Å²) in [4.78, 5) is 11.7. The van der Waals surface area contributed by atoms with E-state index in [1.165, 1.54) is 25.3 Å². The third kappa shape index (κ3) is 5.73. The molecule has 0 heterocycles. The molecule has 0 aliphatic heterocycles. The van der Waals surface area contributed by atoms with Crippen molar-refractivity contribution in [2.45, 2.75) is 44.6 Å². The van der Waals surface area contributed by atoms with Crippen LogP contribution in [0.5, 0.6) is 0 Å². The first-order valence-electron chi connectivity index (χ1n) is 7.47. The Labute approximate surface area is 150 Å². The van der Waals surface area contributed by atoms with Crippen LogP contribution in [0.1, 0.15) is 43.1 Å². The molecular formula is C16H27ClN2O4S. The number of hydrogen-bond acceptors (Lipinski definition) is 5. The number of halogens is 1. The minimum Gasteiger partial charge on any atom is -0.465 e. The Morgan fingerprint density at radius 1 is 1.38 bits per heavy atom. The van der Waals surface area contributed by atoms with Crippen molar-refractivity contribution in [3.05, 3.63) is 29.3 Å². The average Bonchev–Trinajstić information content (AvgIpc) is 2.44. The standard InChI is InChI=1S/C16H26N2O4S.ClH/c1-11(2)9-16(4,10-17)18-23(20,21)14-7-6-13(8-12(14)3)15(19)22-5;/h6-8,11,18H,9-10,17H2,1-5H3;1H. The van der Waals surface area contributed by atoms with Gasteiger partial charge >= 0.3 is 5.97 Å². The lowest BCUT2D eigenvalue weighted by molar-refractivity contribution is 0.0600. The summed E-state index contributed by atoms with van der Waals surface area (Å²) in [7, 11) is -2.46. The van der Waals surface area contributed by atoms with Crippen LogP contribution in [0.25, 0.3) is 0 Å². The number of carbonyl (C=O) groups excluding carboxylic acids is 1. The molecule has 0 bridgehead atoms. The molecule has 1 atom stereocenters. The van der Waals surface area contributed by atoms with Gasteiger partial charge in [-0.15, -0.1) is 12.4 Å². The van der Waals surface area contributed by atoms with Crippen molar-refractivity contribution in [1.29, 1.82) is 0 Å². The molecule has 1 rings (SSSR count). The van der Waals surface area contributed by atoms with E-state index in [1.54, 1.807) is 13.8 Å². The Hall–Kier alpha value is -1.15. The van der Waals surface area contributed by atoms with E-state index in [0.717, 1.165) is 0 Å². The number of sulfonamides is 1. The molecule has 24 heavy (non-hydrogen) atoms. The molecule has 0 saturated heterocycles. The summed E-state index contributed by atoms with van der Waals surface area (Å²) in [6.45, 7) is 7.66. The lowest BCUT2D eigenvalue weighted by Gasteiger charge is -2.31. The molecule has 8 heteroatoms. The topological polar surface area (TPSA) is 98.5 Å². The van der Waals surface area contributed by atoms with Crippen LogP contribution < -0.4 is 10.5 Å². The van der Waals surface area contributed by atoms with E-state index in [1.807, 2.05) is 13.8 Å².